The van der Waals surface area contributed by atoms with Crippen molar-refractivity contribution < 1.29 is 9.53 Å². The number of carbonyl (C=O) groups is 1. The van der Waals surface area contributed by atoms with Crippen molar-refractivity contribution in [1.29, 1.82) is 5.26 Å². The Bertz CT molecular complexity index is 289. The fraction of sp³-hybridized carbons (Fsp3) is 0.636. The molecule has 0 fully saturated rings. The standard InChI is InChI=1S/C11H18N2O2S/c1-9(6-5-7-16-8-12)13-10(14)15-11(2,3)4/h5-6,9H,7H2,1-4H3,(H,13,14)/b6-5+. The molecule has 5 heteroatoms. The third kappa shape index (κ3) is 9.41. The number of nitrogens with one attached hydrogen (secondary N) is 1. The maximum Gasteiger partial charge on any atom is 0.408 e. The minimum Gasteiger partial charge on any atom is -0.444 e. The van der Waals surface area contributed by atoms with E-state index in [-0.39, 0.29) is 6.04 Å². The number of rotatable bonds is 4. The molecule has 0 bridgehead atoms. The van der Waals surface area contributed by atoms with Crippen LogP contribution in [-0.4, -0.2) is 23.5 Å². The molecule has 1 atom stereocenters. The van der Waals surface area contributed by atoms with Crippen molar-refractivity contribution in [2.45, 2.75) is 39.3 Å². The van der Waals surface area contributed by atoms with Gasteiger partial charge in [-0.1, -0.05) is 12.2 Å². The summed E-state index contributed by atoms with van der Waals surface area (Å²) in [5, 5.41) is 12.9. The second-order valence-corrected chi connectivity index (χ2v) is 5.07. The average Bonchev–Trinajstić information content (AvgIpc) is 2.09. The normalized spacial score (nSPS) is 13.2. The summed E-state index contributed by atoms with van der Waals surface area (Å²) in [5.41, 5.74) is -0.482. The Morgan fingerprint density at radius 3 is 2.75 bits per heavy atom. The number of carbonyl (C=O) groups excluding carboxylic acids is 1. The molecule has 1 amide bonds. The van der Waals surface area contributed by atoms with Crippen molar-refractivity contribution in [2.24, 2.45) is 0 Å². The maximum absolute atomic E-state index is 11.3. The summed E-state index contributed by atoms with van der Waals surface area (Å²) >= 11 is 1.15. The Kier molecular flexibility index (Phi) is 6.66. The van der Waals surface area contributed by atoms with Gasteiger partial charge in [0.2, 0.25) is 0 Å². The van der Waals surface area contributed by atoms with Gasteiger partial charge in [0.05, 0.1) is 0 Å². The molecule has 0 spiro atoms. The van der Waals surface area contributed by atoms with E-state index in [1.807, 2.05) is 45.2 Å². The Morgan fingerprint density at radius 1 is 1.62 bits per heavy atom. The van der Waals surface area contributed by atoms with Crippen molar-refractivity contribution in [3.05, 3.63) is 12.2 Å². The number of hydrogen-bond donors (Lipinski definition) is 1. The van der Waals surface area contributed by atoms with Crippen LogP contribution in [0.25, 0.3) is 0 Å². The minimum absolute atomic E-state index is 0.103. The summed E-state index contributed by atoms with van der Waals surface area (Å²) in [6, 6.07) is -0.103. The van der Waals surface area contributed by atoms with Gasteiger partial charge in [0, 0.05) is 11.8 Å². The van der Waals surface area contributed by atoms with Crippen molar-refractivity contribution in [2.75, 3.05) is 5.75 Å². The van der Waals surface area contributed by atoms with Crippen molar-refractivity contribution in [1.82, 2.24) is 5.32 Å². The van der Waals surface area contributed by atoms with Gasteiger partial charge >= 0.3 is 6.09 Å². The summed E-state index contributed by atoms with van der Waals surface area (Å²) in [6.45, 7) is 7.29. The number of ether oxygens (including phenoxy) is 1. The Morgan fingerprint density at radius 2 is 2.25 bits per heavy atom. The van der Waals surface area contributed by atoms with Crippen LogP contribution in [0.5, 0.6) is 0 Å². The summed E-state index contributed by atoms with van der Waals surface area (Å²) in [4.78, 5) is 11.3. The van der Waals surface area contributed by atoms with E-state index in [0.29, 0.717) is 5.75 Å². The molecule has 1 unspecified atom stereocenters. The van der Waals surface area contributed by atoms with Gasteiger partial charge in [-0.05, 0) is 39.5 Å². The topological polar surface area (TPSA) is 62.1 Å². The highest BCUT2D eigenvalue weighted by atomic mass is 32.2. The van der Waals surface area contributed by atoms with E-state index in [1.165, 1.54) is 0 Å². The summed E-state index contributed by atoms with van der Waals surface area (Å²) in [5.74, 6) is 0.622. The first-order valence-corrected chi connectivity index (χ1v) is 6.01. The van der Waals surface area contributed by atoms with E-state index >= 15 is 0 Å². The zero-order valence-electron chi connectivity index (χ0n) is 10.1. The fourth-order valence-corrected chi connectivity index (χ4v) is 1.17. The fourth-order valence-electron chi connectivity index (χ4n) is 0.887. The summed E-state index contributed by atoms with van der Waals surface area (Å²) < 4.78 is 5.09. The molecule has 0 saturated heterocycles. The van der Waals surface area contributed by atoms with E-state index in [4.69, 9.17) is 10.00 Å². The lowest BCUT2D eigenvalue weighted by atomic mass is 10.2. The quantitative estimate of drug-likeness (QED) is 0.467. The van der Waals surface area contributed by atoms with Crippen LogP contribution in [0.15, 0.2) is 12.2 Å². The number of thiocyanates is 1. The maximum atomic E-state index is 11.3. The number of nitriles is 1. The number of thioether (sulfide) groups is 1. The molecule has 0 aromatic rings. The number of hydrogen-bond acceptors (Lipinski definition) is 4. The molecule has 0 rings (SSSR count). The van der Waals surface area contributed by atoms with Crippen LogP contribution >= 0.6 is 11.8 Å². The monoisotopic (exact) mass is 242 g/mol. The lowest BCUT2D eigenvalue weighted by Crippen LogP contribution is -2.36. The SMILES string of the molecule is CC(/C=C/CSC#N)NC(=O)OC(C)(C)C. The smallest absolute Gasteiger partial charge is 0.408 e. The van der Waals surface area contributed by atoms with E-state index < -0.39 is 11.7 Å². The molecule has 4 nitrogen and oxygen atoms in total. The predicted molar refractivity (Wildman–Crippen MR) is 66.0 cm³/mol. The van der Waals surface area contributed by atoms with Gasteiger partial charge in [0.25, 0.3) is 0 Å². The van der Waals surface area contributed by atoms with E-state index in [2.05, 4.69) is 5.32 Å². The number of nitrogens with zero attached hydrogens (tertiary/aromatic N) is 1. The molecule has 0 aliphatic rings. The van der Waals surface area contributed by atoms with Crippen LogP contribution in [-0.2, 0) is 4.74 Å². The molecule has 90 valence electrons. The highest BCUT2D eigenvalue weighted by Gasteiger charge is 2.16. The molecule has 0 aromatic carbocycles. The van der Waals surface area contributed by atoms with E-state index in [1.54, 1.807) is 0 Å². The highest BCUT2D eigenvalue weighted by molar-refractivity contribution is 8.03. The van der Waals surface area contributed by atoms with Crippen molar-refractivity contribution in [3.8, 4) is 5.40 Å². The van der Waals surface area contributed by atoms with E-state index in [9.17, 15) is 4.79 Å². The lowest BCUT2D eigenvalue weighted by molar-refractivity contribution is 0.0518. The molecule has 0 radical (unpaired) electrons. The lowest BCUT2D eigenvalue weighted by Gasteiger charge is -2.20. The molecule has 0 aliphatic heterocycles. The van der Waals surface area contributed by atoms with E-state index in [0.717, 1.165) is 11.8 Å². The third-order valence-corrected chi connectivity index (χ3v) is 1.90. The first-order chi connectivity index (χ1) is 7.35. The number of amides is 1. The predicted octanol–water partition coefficient (Wildman–Crippen LogP) is 2.67. The molecule has 0 heterocycles. The Balaban J connectivity index is 3.88. The highest BCUT2D eigenvalue weighted by Crippen LogP contribution is 2.06. The first kappa shape index (κ1) is 14.8. The van der Waals surface area contributed by atoms with Gasteiger partial charge in [-0.25, -0.2) is 4.79 Å². The van der Waals surface area contributed by atoms with Crippen LogP contribution in [0.3, 0.4) is 0 Å². The van der Waals surface area contributed by atoms with Gasteiger partial charge < -0.3 is 10.1 Å². The zero-order valence-corrected chi connectivity index (χ0v) is 10.9. The van der Waals surface area contributed by atoms with Gasteiger partial charge in [0.15, 0.2) is 0 Å². The zero-order chi connectivity index (χ0) is 12.6. The van der Waals surface area contributed by atoms with Gasteiger partial charge in [0.1, 0.15) is 11.0 Å². The molecule has 0 aromatic heterocycles. The average molecular weight is 242 g/mol. The molecule has 1 N–H and O–H groups in total. The second kappa shape index (κ2) is 7.18. The summed E-state index contributed by atoms with van der Waals surface area (Å²) in [6.07, 6.45) is 3.24. The van der Waals surface area contributed by atoms with Crippen LogP contribution in [0.2, 0.25) is 0 Å². The molecular weight excluding hydrogens is 224 g/mol. The van der Waals surface area contributed by atoms with Crippen molar-refractivity contribution in [3.63, 3.8) is 0 Å². The molecule has 16 heavy (non-hydrogen) atoms. The van der Waals surface area contributed by atoms with Crippen LogP contribution in [0.1, 0.15) is 27.7 Å². The van der Waals surface area contributed by atoms with Gasteiger partial charge in [-0.2, -0.15) is 5.26 Å². The largest absolute Gasteiger partial charge is 0.444 e. The third-order valence-electron chi connectivity index (χ3n) is 1.41. The minimum atomic E-state index is -0.482. The second-order valence-electron chi connectivity index (χ2n) is 4.27. The Labute approximate surface area is 101 Å². The van der Waals surface area contributed by atoms with Gasteiger partial charge in [-0.15, -0.1) is 0 Å². The summed E-state index contributed by atoms with van der Waals surface area (Å²) in [7, 11) is 0. The molecule has 0 saturated carbocycles. The van der Waals surface area contributed by atoms with Crippen molar-refractivity contribution >= 4 is 17.9 Å². The Hall–Kier alpha value is -1.15. The first-order valence-electron chi connectivity index (χ1n) is 5.02. The molecule has 0 aliphatic carbocycles. The van der Waals surface area contributed by atoms with Gasteiger partial charge in [-0.3, -0.25) is 0 Å². The van der Waals surface area contributed by atoms with Crippen LogP contribution in [0.4, 0.5) is 4.79 Å². The molecular formula is C11H18N2O2S. The number of alkyl carbamates (subject to hydrolysis) is 1. The van der Waals surface area contributed by atoms with Crippen LogP contribution in [0, 0.1) is 10.7 Å². The van der Waals surface area contributed by atoms with Crippen LogP contribution < -0.4 is 5.32 Å².